The van der Waals surface area contributed by atoms with Crippen molar-refractivity contribution in [1.29, 1.82) is 0 Å². The van der Waals surface area contributed by atoms with Crippen LogP contribution in [0.1, 0.15) is 25.1 Å². The summed E-state index contributed by atoms with van der Waals surface area (Å²) in [6.45, 7) is 9.45. The standard InChI is InChI=1S/C8H12N2.C2H6/c1-7-2-4-10-5-3-9-6-8(7)10;1-2/h2,4,9H,3,5-6H2,1H3;1-2H3. The minimum Gasteiger partial charge on any atom is -0.349 e. The highest BCUT2D eigenvalue weighted by Crippen LogP contribution is 2.11. The lowest BCUT2D eigenvalue weighted by atomic mass is 10.2. The molecule has 0 radical (unpaired) electrons. The second-order valence-corrected chi connectivity index (χ2v) is 2.82. The first kappa shape index (κ1) is 9.33. The zero-order valence-electron chi connectivity index (χ0n) is 8.22. The summed E-state index contributed by atoms with van der Waals surface area (Å²) in [7, 11) is 0. The van der Waals surface area contributed by atoms with Crippen LogP contribution in [0.4, 0.5) is 0 Å². The van der Waals surface area contributed by atoms with Gasteiger partial charge in [-0.2, -0.15) is 0 Å². The number of rotatable bonds is 0. The van der Waals surface area contributed by atoms with E-state index in [0.29, 0.717) is 0 Å². The van der Waals surface area contributed by atoms with Gasteiger partial charge in [-0.15, -0.1) is 0 Å². The van der Waals surface area contributed by atoms with Crippen LogP contribution in [0.2, 0.25) is 0 Å². The van der Waals surface area contributed by atoms with Crippen molar-refractivity contribution in [3.8, 4) is 0 Å². The molecular weight excluding hydrogens is 148 g/mol. The minimum absolute atomic E-state index is 1.04. The average molecular weight is 166 g/mol. The molecule has 2 heteroatoms. The molecule has 1 N–H and O–H groups in total. The molecule has 0 fully saturated rings. The summed E-state index contributed by atoms with van der Waals surface area (Å²) in [6, 6.07) is 2.18. The van der Waals surface area contributed by atoms with Gasteiger partial charge in [-0.05, 0) is 18.6 Å². The fourth-order valence-corrected chi connectivity index (χ4v) is 1.47. The Kier molecular flexibility index (Phi) is 3.35. The van der Waals surface area contributed by atoms with Crippen molar-refractivity contribution < 1.29 is 0 Å². The van der Waals surface area contributed by atoms with Gasteiger partial charge >= 0.3 is 0 Å². The molecule has 1 aromatic heterocycles. The molecule has 2 rings (SSSR count). The SMILES string of the molecule is CC.Cc1ccn2c1CNCC2. The highest BCUT2D eigenvalue weighted by atomic mass is 15.1. The van der Waals surface area contributed by atoms with E-state index in [1.807, 2.05) is 13.8 Å². The lowest BCUT2D eigenvalue weighted by molar-refractivity contribution is 0.514. The summed E-state index contributed by atoms with van der Waals surface area (Å²) < 4.78 is 2.33. The topological polar surface area (TPSA) is 17.0 Å². The van der Waals surface area contributed by atoms with E-state index in [9.17, 15) is 0 Å². The van der Waals surface area contributed by atoms with Crippen molar-refractivity contribution >= 4 is 0 Å². The highest BCUT2D eigenvalue weighted by Gasteiger charge is 2.08. The molecule has 0 unspecified atom stereocenters. The van der Waals surface area contributed by atoms with Crippen molar-refractivity contribution in [2.75, 3.05) is 6.54 Å². The van der Waals surface area contributed by atoms with E-state index in [4.69, 9.17) is 0 Å². The van der Waals surface area contributed by atoms with Crippen LogP contribution in [-0.4, -0.2) is 11.1 Å². The largest absolute Gasteiger partial charge is 0.349 e. The Labute approximate surface area is 74.6 Å². The van der Waals surface area contributed by atoms with E-state index in [-0.39, 0.29) is 0 Å². The minimum atomic E-state index is 1.04. The van der Waals surface area contributed by atoms with Crippen LogP contribution < -0.4 is 5.32 Å². The summed E-state index contributed by atoms with van der Waals surface area (Å²) in [6.07, 6.45) is 2.17. The third-order valence-corrected chi connectivity index (χ3v) is 2.13. The van der Waals surface area contributed by atoms with Crippen LogP contribution in [0, 0.1) is 6.92 Å². The van der Waals surface area contributed by atoms with E-state index in [1.54, 1.807) is 0 Å². The van der Waals surface area contributed by atoms with Crippen LogP contribution in [0.3, 0.4) is 0 Å². The number of hydrogen-bond donors (Lipinski definition) is 1. The van der Waals surface area contributed by atoms with Gasteiger partial charge in [0.15, 0.2) is 0 Å². The number of nitrogens with zero attached hydrogens (tertiary/aromatic N) is 1. The van der Waals surface area contributed by atoms with Gasteiger partial charge in [-0.25, -0.2) is 0 Å². The summed E-state index contributed by atoms with van der Waals surface area (Å²) in [4.78, 5) is 0. The third kappa shape index (κ3) is 1.69. The Hall–Kier alpha value is -0.760. The highest BCUT2D eigenvalue weighted by molar-refractivity contribution is 5.21. The summed E-state index contributed by atoms with van der Waals surface area (Å²) in [5, 5.41) is 3.35. The molecule has 0 atom stereocenters. The van der Waals surface area contributed by atoms with E-state index >= 15 is 0 Å². The first-order valence-electron chi connectivity index (χ1n) is 4.73. The van der Waals surface area contributed by atoms with Crippen LogP contribution in [0.15, 0.2) is 12.3 Å². The smallest absolute Gasteiger partial charge is 0.0362 e. The maximum atomic E-state index is 3.35. The molecule has 0 bridgehead atoms. The molecule has 0 saturated heterocycles. The zero-order valence-corrected chi connectivity index (χ0v) is 8.22. The van der Waals surface area contributed by atoms with Crippen molar-refractivity contribution in [1.82, 2.24) is 9.88 Å². The molecule has 1 aliphatic rings. The maximum Gasteiger partial charge on any atom is 0.0362 e. The molecule has 0 aromatic carbocycles. The number of aromatic nitrogens is 1. The quantitative estimate of drug-likeness (QED) is 0.623. The van der Waals surface area contributed by atoms with Crippen molar-refractivity contribution in [3.05, 3.63) is 23.5 Å². The lowest BCUT2D eigenvalue weighted by Gasteiger charge is -2.16. The molecule has 0 spiro atoms. The van der Waals surface area contributed by atoms with E-state index in [0.717, 1.165) is 19.6 Å². The van der Waals surface area contributed by atoms with Crippen LogP contribution in [0.25, 0.3) is 0 Å². The number of aryl methyl sites for hydroxylation is 1. The van der Waals surface area contributed by atoms with Gasteiger partial charge in [-0.1, -0.05) is 13.8 Å². The maximum absolute atomic E-state index is 3.35. The number of fused-ring (bicyclic) bond motifs is 1. The van der Waals surface area contributed by atoms with Crippen molar-refractivity contribution in [2.24, 2.45) is 0 Å². The molecular formula is C10H18N2. The van der Waals surface area contributed by atoms with Gasteiger partial charge < -0.3 is 9.88 Å². The Bertz CT molecular complexity index is 238. The first-order chi connectivity index (χ1) is 5.88. The zero-order chi connectivity index (χ0) is 8.97. The molecule has 68 valence electrons. The van der Waals surface area contributed by atoms with Crippen LogP contribution in [0.5, 0.6) is 0 Å². The van der Waals surface area contributed by atoms with E-state index < -0.39 is 0 Å². The molecule has 0 saturated carbocycles. The van der Waals surface area contributed by atoms with Gasteiger partial charge in [0.25, 0.3) is 0 Å². The third-order valence-electron chi connectivity index (χ3n) is 2.13. The fraction of sp³-hybridized carbons (Fsp3) is 0.600. The molecule has 1 aromatic rings. The summed E-state index contributed by atoms with van der Waals surface area (Å²) >= 11 is 0. The second kappa shape index (κ2) is 4.31. The molecule has 0 amide bonds. The normalized spacial score (nSPS) is 14.6. The van der Waals surface area contributed by atoms with E-state index in [1.165, 1.54) is 11.3 Å². The van der Waals surface area contributed by atoms with Crippen molar-refractivity contribution in [2.45, 2.75) is 33.9 Å². The first-order valence-corrected chi connectivity index (χ1v) is 4.73. The van der Waals surface area contributed by atoms with Crippen LogP contribution in [-0.2, 0) is 13.1 Å². The molecule has 2 heterocycles. The molecule has 2 nitrogen and oxygen atoms in total. The Morgan fingerprint density at radius 3 is 2.83 bits per heavy atom. The Morgan fingerprint density at radius 2 is 2.17 bits per heavy atom. The number of nitrogens with one attached hydrogen (secondary N) is 1. The van der Waals surface area contributed by atoms with Gasteiger partial charge in [-0.3, -0.25) is 0 Å². The summed E-state index contributed by atoms with van der Waals surface area (Å²) in [5.74, 6) is 0. The summed E-state index contributed by atoms with van der Waals surface area (Å²) in [5.41, 5.74) is 2.86. The molecule has 12 heavy (non-hydrogen) atoms. The number of hydrogen-bond acceptors (Lipinski definition) is 1. The lowest BCUT2D eigenvalue weighted by Crippen LogP contribution is -2.27. The average Bonchev–Trinajstić information content (AvgIpc) is 2.53. The van der Waals surface area contributed by atoms with E-state index in [2.05, 4.69) is 29.1 Å². The Balaban J connectivity index is 0.000000336. The predicted molar refractivity (Wildman–Crippen MR) is 52.2 cm³/mol. The Morgan fingerprint density at radius 1 is 1.42 bits per heavy atom. The predicted octanol–water partition coefficient (Wildman–Crippen LogP) is 1.93. The van der Waals surface area contributed by atoms with Gasteiger partial charge in [0.1, 0.15) is 0 Å². The van der Waals surface area contributed by atoms with Crippen molar-refractivity contribution in [3.63, 3.8) is 0 Å². The van der Waals surface area contributed by atoms with Gasteiger partial charge in [0.2, 0.25) is 0 Å². The van der Waals surface area contributed by atoms with Crippen LogP contribution >= 0.6 is 0 Å². The second-order valence-electron chi connectivity index (χ2n) is 2.82. The monoisotopic (exact) mass is 166 g/mol. The molecule has 1 aliphatic heterocycles. The van der Waals surface area contributed by atoms with Gasteiger partial charge in [0, 0.05) is 31.5 Å². The molecule has 0 aliphatic carbocycles. The van der Waals surface area contributed by atoms with Gasteiger partial charge in [0.05, 0.1) is 0 Å². The fourth-order valence-electron chi connectivity index (χ4n) is 1.47.